The fraction of sp³-hybridized carbons (Fsp3) is 0.118. The molecule has 124 valence electrons. The molecule has 3 aromatic rings. The highest BCUT2D eigenvalue weighted by Gasteiger charge is 2.17. The molecule has 5 nitrogen and oxygen atoms in total. The molecule has 0 bridgehead atoms. The van der Waals surface area contributed by atoms with Crippen LogP contribution in [0.25, 0.3) is 10.9 Å². The smallest absolute Gasteiger partial charge is 0.258 e. The van der Waals surface area contributed by atoms with Crippen molar-refractivity contribution in [1.82, 2.24) is 4.57 Å². The lowest BCUT2D eigenvalue weighted by Crippen LogP contribution is -2.15. The third-order valence-corrected chi connectivity index (χ3v) is 4.90. The van der Waals surface area contributed by atoms with Crippen LogP contribution in [-0.2, 0) is 16.9 Å². The molecular weight excluding hydrogens is 331 g/mol. The molecule has 1 amide bonds. The number of amides is 1. The van der Waals surface area contributed by atoms with Gasteiger partial charge in [0.2, 0.25) is 0 Å². The molecule has 2 aromatic carbocycles. The Morgan fingerprint density at radius 3 is 2.62 bits per heavy atom. The Morgan fingerprint density at radius 1 is 1.17 bits per heavy atom. The molecule has 1 N–H and O–H groups in total. The number of carbonyl (C=O) groups is 1. The van der Waals surface area contributed by atoms with E-state index in [0.29, 0.717) is 5.69 Å². The summed E-state index contributed by atoms with van der Waals surface area (Å²) in [6, 6.07) is 10.4. The topological polar surface area (TPSA) is 68.2 Å². The van der Waals surface area contributed by atoms with Crippen LogP contribution in [-0.4, -0.2) is 25.1 Å². The number of nitrogens with one attached hydrogen (secondary N) is 1. The maximum atomic E-state index is 14.0. The second-order valence-corrected chi connectivity index (χ2v) is 7.55. The van der Waals surface area contributed by atoms with E-state index in [1.54, 1.807) is 12.1 Å². The van der Waals surface area contributed by atoms with Crippen molar-refractivity contribution in [3.05, 3.63) is 60.0 Å². The number of aromatic nitrogens is 1. The van der Waals surface area contributed by atoms with E-state index >= 15 is 0 Å². The summed E-state index contributed by atoms with van der Waals surface area (Å²) >= 11 is 0. The van der Waals surface area contributed by atoms with Gasteiger partial charge in [0.25, 0.3) is 5.91 Å². The number of benzene rings is 2. The number of sulfone groups is 1. The Morgan fingerprint density at radius 2 is 1.92 bits per heavy atom. The van der Waals surface area contributed by atoms with E-state index in [9.17, 15) is 17.6 Å². The Bertz CT molecular complexity index is 1050. The number of aryl methyl sites for hydroxylation is 1. The molecule has 0 aliphatic rings. The molecule has 0 aliphatic carbocycles. The van der Waals surface area contributed by atoms with Gasteiger partial charge in [-0.3, -0.25) is 4.79 Å². The first-order valence-corrected chi connectivity index (χ1v) is 9.01. The number of rotatable bonds is 3. The highest BCUT2D eigenvalue weighted by Crippen LogP contribution is 2.25. The van der Waals surface area contributed by atoms with Gasteiger partial charge in [0.05, 0.1) is 16.1 Å². The number of fused-ring (bicyclic) bond motifs is 1. The summed E-state index contributed by atoms with van der Waals surface area (Å²) < 4.78 is 39.1. The van der Waals surface area contributed by atoms with Crippen molar-refractivity contribution >= 4 is 32.3 Å². The van der Waals surface area contributed by atoms with E-state index in [-0.39, 0.29) is 10.5 Å². The van der Waals surface area contributed by atoms with Gasteiger partial charge in [-0.1, -0.05) is 6.07 Å². The van der Waals surface area contributed by atoms with Crippen LogP contribution in [0.15, 0.2) is 53.6 Å². The van der Waals surface area contributed by atoms with Gasteiger partial charge in [-0.15, -0.1) is 0 Å². The van der Waals surface area contributed by atoms with Crippen LogP contribution in [0.4, 0.5) is 10.1 Å². The maximum Gasteiger partial charge on any atom is 0.258 e. The van der Waals surface area contributed by atoms with E-state index < -0.39 is 21.6 Å². The van der Waals surface area contributed by atoms with E-state index in [1.165, 1.54) is 0 Å². The van der Waals surface area contributed by atoms with Gasteiger partial charge >= 0.3 is 0 Å². The Labute approximate surface area is 138 Å². The van der Waals surface area contributed by atoms with Crippen molar-refractivity contribution in [3.63, 3.8) is 0 Å². The summed E-state index contributed by atoms with van der Waals surface area (Å²) in [4.78, 5) is 12.3. The minimum absolute atomic E-state index is 0.105. The molecule has 0 fully saturated rings. The fourth-order valence-electron chi connectivity index (χ4n) is 2.51. The SMILES string of the molecule is Cn1ccc2c(NC(=O)c3cc(S(C)(=O)=O)ccc3F)cccc21. The van der Waals surface area contributed by atoms with E-state index in [1.807, 2.05) is 29.9 Å². The minimum Gasteiger partial charge on any atom is -0.350 e. The van der Waals surface area contributed by atoms with Gasteiger partial charge in [-0.25, -0.2) is 12.8 Å². The number of hydrogen-bond donors (Lipinski definition) is 1. The Kier molecular flexibility index (Phi) is 3.88. The van der Waals surface area contributed by atoms with Crippen LogP contribution >= 0.6 is 0 Å². The predicted octanol–water partition coefficient (Wildman–Crippen LogP) is 2.97. The molecule has 0 aliphatic heterocycles. The second-order valence-electron chi connectivity index (χ2n) is 5.53. The minimum atomic E-state index is -3.53. The number of carbonyl (C=O) groups excluding carboxylic acids is 1. The molecule has 0 saturated heterocycles. The summed E-state index contributed by atoms with van der Waals surface area (Å²) in [5, 5.41) is 3.46. The lowest BCUT2D eigenvalue weighted by molar-refractivity contribution is 0.102. The average molecular weight is 346 g/mol. The van der Waals surface area contributed by atoms with Gasteiger partial charge < -0.3 is 9.88 Å². The zero-order valence-electron chi connectivity index (χ0n) is 13.1. The molecule has 0 spiro atoms. The van der Waals surface area contributed by atoms with Gasteiger partial charge in [0.15, 0.2) is 9.84 Å². The number of nitrogens with zero attached hydrogens (tertiary/aromatic N) is 1. The molecule has 24 heavy (non-hydrogen) atoms. The predicted molar refractivity (Wildman–Crippen MR) is 90.4 cm³/mol. The van der Waals surface area contributed by atoms with Crippen molar-refractivity contribution in [2.45, 2.75) is 4.90 Å². The first-order chi connectivity index (χ1) is 11.3. The standard InChI is InChI=1S/C17H15FN2O3S/c1-20-9-8-12-15(4-3-5-16(12)20)19-17(21)13-10-11(24(2,22)23)6-7-14(13)18/h3-10H,1-2H3,(H,19,21). The summed E-state index contributed by atoms with van der Waals surface area (Å²) in [6.07, 6.45) is 2.86. The average Bonchev–Trinajstić information content (AvgIpc) is 2.89. The van der Waals surface area contributed by atoms with E-state index in [4.69, 9.17) is 0 Å². The summed E-state index contributed by atoms with van der Waals surface area (Å²) in [7, 11) is -1.65. The number of halogens is 1. The van der Waals surface area contributed by atoms with Gasteiger partial charge in [-0.05, 0) is 36.4 Å². The third-order valence-electron chi connectivity index (χ3n) is 3.79. The van der Waals surface area contributed by atoms with Gasteiger partial charge in [0.1, 0.15) is 5.82 Å². The van der Waals surface area contributed by atoms with Crippen LogP contribution in [0.2, 0.25) is 0 Å². The van der Waals surface area contributed by atoms with E-state index in [2.05, 4.69) is 5.32 Å². The fourth-order valence-corrected chi connectivity index (χ4v) is 3.16. The van der Waals surface area contributed by atoms with Crippen LogP contribution in [0.1, 0.15) is 10.4 Å². The van der Waals surface area contributed by atoms with Crippen LogP contribution in [0.3, 0.4) is 0 Å². The molecule has 0 saturated carbocycles. The summed E-state index contributed by atoms with van der Waals surface area (Å²) in [6.45, 7) is 0. The van der Waals surface area contributed by atoms with Crippen molar-refractivity contribution in [2.75, 3.05) is 11.6 Å². The zero-order valence-corrected chi connectivity index (χ0v) is 13.9. The summed E-state index contributed by atoms with van der Waals surface area (Å²) in [5.74, 6) is -1.48. The van der Waals surface area contributed by atoms with Crippen molar-refractivity contribution in [3.8, 4) is 0 Å². The van der Waals surface area contributed by atoms with E-state index in [0.717, 1.165) is 35.4 Å². The molecule has 0 atom stereocenters. The Balaban J connectivity index is 2.01. The molecule has 1 aromatic heterocycles. The largest absolute Gasteiger partial charge is 0.350 e. The van der Waals surface area contributed by atoms with Crippen LogP contribution in [0, 0.1) is 5.82 Å². The second kappa shape index (κ2) is 5.76. The molecule has 7 heteroatoms. The van der Waals surface area contributed by atoms with Gasteiger partial charge in [0, 0.05) is 30.4 Å². The quantitative estimate of drug-likeness (QED) is 0.742. The van der Waals surface area contributed by atoms with Crippen LogP contribution in [0.5, 0.6) is 0 Å². The van der Waals surface area contributed by atoms with Crippen molar-refractivity contribution in [2.24, 2.45) is 7.05 Å². The molecule has 0 unspecified atom stereocenters. The monoisotopic (exact) mass is 346 g/mol. The maximum absolute atomic E-state index is 14.0. The summed E-state index contributed by atoms with van der Waals surface area (Å²) in [5.41, 5.74) is 1.13. The lowest BCUT2D eigenvalue weighted by atomic mass is 10.1. The highest BCUT2D eigenvalue weighted by atomic mass is 32.2. The number of hydrogen-bond acceptors (Lipinski definition) is 3. The molecular formula is C17H15FN2O3S. The zero-order chi connectivity index (χ0) is 17.5. The lowest BCUT2D eigenvalue weighted by Gasteiger charge is -2.09. The van der Waals surface area contributed by atoms with Crippen molar-refractivity contribution in [1.29, 1.82) is 0 Å². The Hall–Kier alpha value is -2.67. The molecule has 3 rings (SSSR count). The van der Waals surface area contributed by atoms with Crippen molar-refractivity contribution < 1.29 is 17.6 Å². The first kappa shape index (κ1) is 16.2. The highest BCUT2D eigenvalue weighted by molar-refractivity contribution is 7.90. The number of anilines is 1. The third kappa shape index (κ3) is 2.90. The van der Waals surface area contributed by atoms with Gasteiger partial charge in [-0.2, -0.15) is 0 Å². The first-order valence-electron chi connectivity index (χ1n) is 7.12. The van der Waals surface area contributed by atoms with Crippen LogP contribution < -0.4 is 5.32 Å². The molecule has 0 radical (unpaired) electrons. The normalized spacial score (nSPS) is 11.6. The molecule has 1 heterocycles.